The van der Waals surface area contributed by atoms with Gasteiger partial charge in [0.15, 0.2) is 42.9 Å². The molecule has 244 valence electrons. The van der Waals surface area contributed by atoms with Crippen LogP contribution in [0.3, 0.4) is 0 Å². The molecule has 1 aromatic carbocycles. The molecule has 0 amide bonds. The Morgan fingerprint density at radius 1 is 0.667 bits per heavy atom. The monoisotopic (exact) mass is 635 g/mol. The predicted octanol–water partition coefficient (Wildman–Crippen LogP) is 0.435. The van der Waals surface area contributed by atoms with Crippen LogP contribution >= 0.6 is 0 Å². The van der Waals surface area contributed by atoms with Crippen LogP contribution in [0.25, 0.3) is 5.69 Å². The Morgan fingerprint density at radius 3 is 1.62 bits per heavy atom. The number of esters is 6. The Bertz CT molecular complexity index is 1360. The summed E-state index contributed by atoms with van der Waals surface area (Å²) in [5.74, 6) is -6.03. The summed E-state index contributed by atoms with van der Waals surface area (Å²) in [6.07, 6.45) is -9.91. The summed E-state index contributed by atoms with van der Waals surface area (Å²) in [5.41, 5.74) is 0.592. The first kappa shape index (κ1) is 35.8. The van der Waals surface area contributed by atoms with Crippen molar-refractivity contribution in [3.05, 3.63) is 36.5 Å². The van der Waals surface area contributed by atoms with E-state index >= 15 is 0 Å². The second kappa shape index (κ2) is 17.1. The molecular weight excluding hydrogens is 602 g/mol. The Labute approximate surface area is 257 Å². The minimum absolute atomic E-state index is 0.0631. The van der Waals surface area contributed by atoms with Gasteiger partial charge in [0.25, 0.3) is 5.88 Å². The molecule has 0 fully saturated rings. The van der Waals surface area contributed by atoms with Crippen molar-refractivity contribution >= 4 is 42.1 Å². The second-order valence-corrected chi connectivity index (χ2v) is 9.27. The summed E-state index contributed by atoms with van der Waals surface area (Å²) in [5, 5.41) is 8.27. The lowest BCUT2D eigenvalue weighted by Gasteiger charge is -2.38. The average molecular weight is 636 g/mol. The molecule has 0 saturated heterocycles. The van der Waals surface area contributed by atoms with E-state index < -0.39 is 79.0 Å². The molecule has 2 aromatic rings. The largest absolute Gasteiger partial charge is 0.471 e. The van der Waals surface area contributed by atoms with Crippen molar-refractivity contribution in [2.45, 2.75) is 78.2 Å². The van der Waals surface area contributed by atoms with Crippen LogP contribution in [-0.2, 0) is 62.0 Å². The van der Waals surface area contributed by atoms with E-state index in [-0.39, 0.29) is 12.2 Å². The molecule has 0 aliphatic carbocycles. The Balaban J connectivity index is 2.62. The molecule has 0 aliphatic heterocycles. The number of carbonyl (C=O) groups excluding carboxylic acids is 7. The number of carbonyl (C=O) groups is 7. The van der Waals surface area contributed by atoms with Crippen LogP contribution in [0.4, 0.5) is 0 Å². The molecule has 0 saturated carbocycles. The average Bonchev–Trinajstić information content (AvgIpc) is 3.42. The molecule has 0 radical (unpaired) electrons. The molecule has 45 heavy (non-hydrogen) atoms. The van der Waals surface area contributed by atoms with Crippen LogP contribution in [0.15, 0.2) is 36.5 Å². The number of aromatic nitrogens is 3. The van der Waals surface area contributed by atoms with E-state index in [0.717, 1.165) is 41.5 Å². The molecule has 6 atom stereocenters. The van der Waals surface area contributed by atoms with Crippen LogP contribution < -0.4 is 4.74 Å². The number of rotatable bonds is 16. The lowest BCUT2D eigenvalue weighted by atomic mass is 9.95. The summed E-state index contributed by atoms with van der Waals surface area (Å²) in [6, 6.07) is 8.76. The van der Waals surface area contributed by atoms with E-state index in [1.54, 1.807) is 30.3 Å². The van der Waals surface area contributed by atoms with Gasteiger partial charge in [-0.25, -0.2) is 0 Å². The van der Waals surface area contributed by atoms with Crippen molar-refractivity contribution in [1.29, 1.82) is 0 Å². The van der Waals surface area contributed by atoms with Gasteiger partial charge >= 0.3 is 35.8 Å². The zero-order valence-corrected chi connectivity index (χ0v) is 25.3. The molecule has 0 bridgehead atoms. The maximum atomic E-state index is 12.3. The zero-order valence-electron chi connectivity index (χ0n) is 25.3. The van der Waals surface area contributed by atoms with Crippen LogP contribution in [0.5, 0.6) is 5.88 Å². The SMILES string of the molecule is CC(=O)OC(COc1cnn(-c2ccccc2)n1)C(OC(C)=O)[C@@H](OC(C)=O)[C@@H](OC(C)=O)[C@H](OC(C)=O)[C@@H](C=O)OC(C)=O. The topological polar surface area (TPSA) is 215 Å². The van der Waals surface area contributed by atoms with E-state index in [2.05, 4.69) is 10.2 Å². The van der Waals surface area contributed by atoms with E-state index in [9.17, 15) is 33.6 Å². The fourth-order valence-corrected chi connectivity index (χ4v) is 4.03. The Hall–Kier alpha value is -5.35. The third kappa shape index (κ3) is 11.7. The van der Waals surface area contributed by atoms with Gasteiger partial charge in [0.1, 0.15) is 12.8 Å². The van der Waals surface area contributed by atoms with Gasteiger partial charge in [-0.1, -0.05) is 18.2 Å². The van der Waals surface area contributed by atoms with Crippen LogP contribution in [0.1, 0.15) is 41.5 Å². The highest BCUT2D eigenvalue weighted by molar-refractivity contribution is 5.72. The van der Waals surface area contributed by atoms with Gasteiger partial charge in [0.05, 0.1) is 5.69 Å². The maximum Gasteiger partial charge on any atom is 0.303 e. The Kier molecular flexibility index (Phi) is 13.6. The van der Waals surface area contributed by atoms with Crippen molar-refractivity contribution in [3.63, 3.8) is 0 Å². The van der Waals surface area contributed by atoms with Crippen molar-refractivity contribution < 1.29 is 66.7 Å². The smallest absolute Gasteiger partial charge is 0.303 e. The zero-order chi connectivity index (χ0) is 33.7. The Morgan fingerprint density at radius 2 is 1.13 bits per heavy atom. The first-order valence-corrected chi connectivity index (χ1v) is 13.3. The molecule has 2 rings (SSSR count). The molecular formula is C28H33N3O14. The van der Waals surface area contributed by atoms with Gasteiger partial charge in [0.2, 0.25) is 0 Å². The molecule has 0 aliphatic rings. The third-order valence-electron chi connectivity index (χ3n) is 5.48. The summed E-state index contributed by atoms with van der Waals surface area (Å²) in [7, 11) is 0. The van der Waals surface area contributed by atoms with E-state index in [1.807, 2.05) is 0 Å². The van der Waals surface area contributed by atoms with Gasteiger partial charge in [-0.05, 0) is 12.1 Å². The normalized spacial score (nSPS) is 14.6. The fraction of sp³-hybridized carbons (Fsp3) is 0.464. The van der Waals surface area contributed by atoms with Crippen LogP contribution in [0, 0.1) is 0 Å². The highest BCUT2D eigenvalue weighted by Gasteiger charge is 2.50. The van der Waals surface area contributed by atoms with Gasteiger partial charge in [-0.15, -0.1) is 9.90 Å². The van der Waals surface area contributed by atoms with E-state index in [0.29, 0.717) is 5.69 Å². The molecule has 0 spiro atoms. The van der Waals surface area contributed by atoms with Crippen molar-refractivity contribution in [3.8, 4) is 11.6 Å². The summed E-state index contributed by atoms with van der Waals surface area (Å²) < 4.78 is 37.3. The standard InChI is InChI=1S/C28H33N3O14/c1-15(33)40-22(13-32)25(42-17(3)35)27(44-19(5)37)28(45-20(6)38)26(43-18(4)36)23(41-16(2)34)14-39-24-12-29-31(30-24)21-10-8-7-9-11-21/h7-13,22-23,25-28H,14H2,1-6H3/t22-,23?,25-,26?,27+,28-/m1/s1. The lowest BCUT2D eigenvalue weighted by Crippen LogP contribution is -2.59. The number of hydrogen-bond donors (Lipinski definition) is 0. The second-order valence-electron chi connectivity index (χ2n) is 9.27. The summed E-state index contributed by atoms with van der Waals surface area (Å²) in [6.45, 7) is 5.19. The summed E-state index contributed by atoms with van der Waals surface area (Å²) >= 11 is 0. The molecule has 1 aromatic heterocycles. The number of para-hydroxylation sites is 1. The molecule has 0 N–H and O–H groups in total. The minimum Gasteiger partial charge on any atom is -0.471 e. The quantitative estimate of drug-likeness (QED) is 0.139. The third-order valence-corrected chi connectivity index (χ3v) is 5.48. The van der Waals surface area contributed by atoms with Gasteiger partial charge < -0.3 is 33.2 Å². The number of aldehydes is 1. The van der Waals surface area contributed by atoms with E-state index in [1.165, 1.54) is 11.0 Å². The number of nitrogens with zero attached hydrogens (tertiary/aromatic N) is 3. The molecule has 17 nitrogen and oxygen atoms in total. The first-order chi connectivity index (χ1) is 21.2. The van der Waals surface area contributed by atoms with Crippen LogP contribution in [0.2, 0.25) is 0 Å². The maximum absolute atomic E-state index is 12.3. The number of benzene rings is 1. The molecule has 17 heteroatoms. The van der Waals surface area contributed by atoms with E-state index in [4.69, 9.17) is 33.2 Å². The van der Waals surface area contributed by atoms with Crippen molar-refractivity contribution in [1.82, 2.24) is 15.0 Å². The van der Waals surface area contributed by atoms with Crippen LogP contribution in [-0.4, -0.2) is 100 Å². The predicted molar refractivity (Wildman–Crippen MR) is 146 cm³/mol. The van der Waals surface area contributed by atoms with Gasteiger partial charge in [-0.2, -0.15) is 5.10 Å². The first-order valence-electron chi connectivity index (χ1n) is 13.3. The van der Waals surface area contributed by atoms with Crippen molar-refractivity contribution in [2.24, 2.45) is 0 Å². The highest BCUT2D eigenvalue weighted by Crippen LogP contribution is 2.26. The fourth-order valence-electron chi connectivity index (χ4n) is 4.03. The number of hydrogen-bond acceptors (Lipinski definition) is 16. The highest BCUT2D eigenvalue weighted by atomic mass is 16.7. The summed E-state index contributed by atoms with van der Waals surface area (Å²) in [4.78, 5) is 86.1. The molecule has 1 heterocycles. The minimum atomic E-state index is -1.98. The molecule has 2 unspecified atom stereocenters. The van der Waals surface area contributed by atoms with Crippen molar-refractivity contribution in [2.75, 3.05) is 6.61 Å². The number of ether oxygens (including phenoxy) is 7. The van der Waals surface area contributed by atoms with Gasteiger partial charge in [-0.3, -0.25) is 33.6 Å². The van der Waals surface area contributed by atoms with Gasteiger partial charge in [0, 0.05) is 41.5 Å². The lowest BCUT2D eigenvalue weighted by molar-refractivity contribution is -0.219.